The van der Waals surface area contributed by atoms with Crippen molar-refractivity contribution in [3.8, 4) is 6.07 Å². The lowest BCUT2D eigenvalue weighted by atomic mass is 10.1. The third-order valence-electron chi connectivity index (χ3n) is 2.96. The van der Waals surface area contributed by atoms with Crippen molar-refractivity contribution in [3.05, 3.63) is 29.3 Å². The number of rotatable bonds is 5. The number of hydrogen-bond donors (Lipinski definition) is 1. The molecule has 1 unspecified atom stereocenters. The van der Waals surface area contributed by atoms with Gasteiger partial charge in [0.25, 0.3) is 0 Å². The number of nitrogens with zero attached hydrogens (tertiary/aromatic N) is 2. The van der Waals surface area contributed by atoms with Gasteiger partial charge < -0.3 is 10.0 Å². The van der Waals surface area contributed by atoms with Gasteiger partial charge in [-0.2, -0.15) is 5.26 Å². The van der Waals surface area contributed by atoms with E-state index >= 15 is 0 Å². The van der Waals surface area contributed by atoms with Crippen molar-refractivity contribution < 1.29 is 5.11 Å². The molecular formula is C14H20N2O. The summed E-state index contributed by atoms with van der Waals surface area (Å²) in [5.41, 5.74) is 3.16. The van der Waals surface area contributed by atoms with Crippen molar-refractivity contribution in [2.75, 3.05) is 18.0 Å². The minimum absolute atomic E-state index is 0.0211. The standard InChI is InChI=1S/C14H20N2O/c1-4-16(9-11(2)8-15)14-6-5-13(10-17)12(3)7-14/h5-7,11,17H,4,9-10H2,1-3H3. The fourth-order valence-corrected chi connectivity index (χ4v) is 1.84. The highest BCUT2D eigenvalue weighted by atomic mass is 16.3. The Morgan fingerprint density at radius 1 is 1.47 bits per heavy atom. The molecule has 1 aromatic carbocycles. The zero-order valence-corrected chi connectivity index (χ0v) is 10.8. The van der Waals surface area contributed by atoms with Crippen LogP contribution >= 0.6 is 0 Å². The molecule has 0 radical (unpaired) electrons. The molecule has 1 atom stereocenters. The van der Waals surface area contributed by atoms with Gasteiger partial charge >= 0.3 is 0 Å². The van der Waals surface area contributed by atoms with Crippen LogP contribution in [0.25, 0.3) is 0 Å². The molecule has 92 valence electrons. The van der Waals surface area contributed by atoms with E-state index in [2.05, 4.69) is 24.0 Å². The van der Waals surface area contributed by atoms with E-state index in [1.807, 2.05) is 26.0 Å². The molecule has 0 amide bonds. The van der Waals surface area contributed by atoms with E-state index < -0.39 is 0 Å². The topological polar surface area (TPSA) is 47.3 Å². The molecule has 1 N–H and O–H groups in total. The maximum absolute atomic E-state index is 9.13. The summed E-state index contributed by atoms with van der Waals surface area (Å²) in [6.07, 6.45) is 0. The van der Waals surface area contributed by atoms with Crippen molar-refractivity contribution in [2.24, 2.45) is 5.92 Å². The number of aliphatic hydroxyl groups excluding tert-OH is 1. The van der Waals surface area contributed by atoms with Crippen molar-refractivity contribution in [1.29, 1.82) is 5.26 Å². The normalized spacial score (nSPS) is 11.9. The summed E-state index contributed by atoms with van der Waals surface area (Å²) in [5.74, 6) is 0.0211. The number of aryl methyl sites for hydroxylation is 1. The number of anilines is 1. The van der Waals surface area contributed by atoms with Gasteiger partial charge in [0.1, 0.15) is 0 Å². The zero-order valence-electron chi connectivity index (χ0n) is 10.8. The predicted molar refractivity (Wildman–Crippen MR) is 69.8 cm³/mol. The Hall–Kier alpha value is -1.53. The highest BCUT2D eigenvalue weighted by molar-refractivity contribution is 5.50. The summed E-state index contributed by atoms with van der Waals surface area (Å²) in [6.45, 7) is 7.70. The average Bonchev–Trinajstić information content (AvgIpc) is 2.35. The van der Waals surface area contributed by atoms with E-state index in [1.165, 1.54) is 0 Å². The smallest absolute Gasteiger partial charge is 0.0684 e. The zero-order chi connectivity index (χ0) is 12.8. The van der Waals surface area contributed by atoms with Crippen LogP contribution in [-0.2, 0) is 6.61 Å². The highest BCUT2D eigenvalue weighted by Crippen LogP contribution is 2.20. The Bertz CT molecular complexity index is 409. The quantitative estimate of drug-likeness (QED) is 0.848. The van der Waals surface area contributed by atoms with Crippen LogP contribution in [0.1, 0.15) is 25.0 Å². The molecule has 17 heavy (non-hydrogen) atoms. The van der Waals surface area contributed by atoms with E-state index in [0.29, 0.717) is 0 Å². The summed E-state index contributed by atoms with van der Waals surface area (Å²) in [4.78, 5) is 2.18. The monoisotopic (exact) mass is 232 g/mol. The van der Waals surface area contributed by atoms with Gasteiger partial charge in [-0.1, -0.05) is 6.07 Å². The first-order valence-electron chi connectivity index (χ1n) is 5.97. The molecule has 1 rings (SSSR count). The van der Waals surface area contributed by atoms with Gasteiger partial charge in [0.2, 0.25) is 0 Å². The van der Waals surface area contributed by atoms with Crippen molar-refractivity contribution >= 4 is 5.69 Å². The molecule has 0 bridgehead atoms. The molecule has 0 aliphatic heterocycles. The molecule has 0 saturated heterocycles. The summed E-state index contributed by atoms with van der Waals surface area (Å²) >= 11 is 0. The highest BCUT2D eigenvalue weighted by Gasteiger charge is 2.09. The Morgan fingerprint density at radius 3 is 2.65 bits per heavy atom. The van der Waals surface area contributed by atoms with Crippen molar-refractivity contribution in [2.45, 2.75) is 27.4 Å². The van der Waals surface area contributed by atoms with E-state index in [-0.39, 0.29) is 12.5 Å². The summed E-state index contributed by atoms with van der Waals surface area (Å²) in [5, 5.41) is 18.0. The lowest BCUT2D eigenvalue weighted by Gasteiger charge is -2.25. The van der Waals surface area contributed by atoms with Crippen LogP contribution in [0.3, 0.4) is 0 Å². The van der Waals surface area contributed by atoms with Crippen molar-refractivity contribution in [1.82, 2.24) is 0 Å². The summed E-state index contributed by atoms with van der Waals surface area (Å²) < 4.78 is 0. The fraction of sp³-hybridized carbons (Fsp3) is 0.500. The summed E-state index contributed by atoms with van der Waals surface area (Å²) in [7, 11) is 0. The maximum Gasteiger partial charge on any atom is 0.0684 e. The third kappa shape index (κ3) is 3.47. The Morgan fingerprint density at radius 2 is 2.18 bits per heavy atom. The number of nitriles is 1. The first kappa shape index (κ1) is 13.5. The lowest BCUT2D eigenvalue weighted by molar-refractivity contribution is 0.281. The fourth-order valence-electron chi connectivity index (χ4n) is 1.84. The van der Waals surface area contributed by atoms with Gasteiger partial charge in [-0.05, 0) is 44.0 Å². The Balaban J connectivity index is 2.89. The number of aliphatic hydroxyl groups is 1. The number of hydrogen-bond acceptors (Lipinski definition) is 3. The molecule has 0 fully saturated rings. The predicted octanol–water partition coefficient (Wildman–Crippen LogP) is 2.47. The van der Waals surface area contributed by atoms with Crippen LogP contribution in [0.4, 0.5) is 5.69 Å². The lowest BCUT2D eigenvalue weighted by Crippen LogP contribution is -2.27. The first-order valence-corrected chi connectivity index (χ1v) is 5.97. The first-order chi connectivity index (χ1) is 8.12. The second-order valence-corrected chi connectivity index (χ2v) is 4.34. The summed E-state index contributed by atoms with van der Waals surface area (Å²) in [6, 6.07) is 8.28. The Labute approximate surface area is 103 Å². The molecule has 0 spiro atoms. The Kier molecular flexibility index (Phi) is 4.99. The van der Waals surface area contributed by atoms with Crippen molar-refractivity contribution in [3.63, 3.8) is 0 Å². The largest absolute Gasteiger partial charge is 0.392 e. The van der Waals surface area contributed by atoms with Gasteiger partial charge in [0.15, 0.2) is 0 Å². The molecule has 0 aliphatic rings. The van der Waals surface area contributed by atoms with Gasteiger partial charge in [0.05, 0.1) is 18.6 Å². The van der Waals surface area contributed by atoms with Crippen LogP contribution in [0.5, 0.6) is 0 Å². The van der Waals surface area contributed by atoms with Crippen LogP contribution in [0.2, 0.25) is 0 Å². The minimum Gasteiger partial charge on any atom is -0.392 e. The maximum atomic E-state index is 9.13. The molecular weight excluding hydrogens is 212 g/mol. The second-order valence-electron chi connectivity index (χ2n) is 4.34. The van der Waals surface area contributed by atoms with E-state index in [0.717, 1.165) is 29.9 Å². The van der Waals surface area contributed by atoms with E-state index in [1.54, 1.807) is 0 Å². The second kappa shape index (κ2) is 6.27. The van der Waals surface area contributed by atoms with Gasteiger partial charge in [-0.15, -0.1) is 0 Å². The van der Waals surface area contributed by atoms with E-state index in [4.69, 9.17) is 10.4 Å². The molecule has 0 aromatic heterocycles. The third-order valence-corrected chi connectivity index (χ3v) is 2.96. The van der Waals surface area contributed by atoms with Crippen LogP contribution in [-0.4, -0.2) is 18.2 Å². The van der Waals surface area contributed by atoms with E-state index in [9.17, 15) is 0 Å². The molecule has 0 saturated carbocycles. The van der Waals surface area contributed by atoms with Gasteiger partial charge in [0, 0.05) is 18.8 Å². The molecule has 3 heteroatoms. The van der Waals surface area contributed by atoms with Crippen LogP contribution in [0.15, 0.2) is 18.2 Å². The SMILES string of the molecule is CCN(CC(C)C#N)c1ccc(CO)c(C)c1. The van der Waals surface area contributed by atoms with Gasteiger partial charge in [-0.25, -0.2) is 0 Å². The van der Waals surface area contributed by atoms with Gasteiger partial charge in [-0.3, -0.25) is 0 Å². The minimum atomic E-state index is 0.0211. The molecule has 1 aromatic rings. The molecule has 0 aliphatic carbocycles. The molecule has 0 heterocycles. The molecule has 3 nitrogen and oxygen atoms in total. The van der Waals surface area contributed by atoms with Crippen LogP contribution in [0, 0.1) is 24.2 Å². The average molecular weight is 232 g/mol. The number of benzene rings is 1. The van der Waals surface area contributed by atoms with Crippen LogP contribution < -0.4 is 4.90 Å².